The molecule has 6 nitrogen and oxygen atoms in total. The summed E-state index contributed by atoms with van der Waals surface area (Å²) in [5.74, 6) is -1.18. The van der Waals surface area contributed by atoms with Crippen molar-refractivity contribution in [2.45, 2.75) is 32.8 Å². The molecular formula is C12H20N2O4. The lowest BCUT2D eigenvalue weighted by Crippen LogP contribution is -2.48. The maximum Gasteiger partial charge on any atom is 0.410 e. The molecule has 0 aliphatic carbocycles. The average molecular weight is 256 g/mol. The van der Waals surface area contributed by atoms with E-state index in [4.69, 9.17) is 10.5 Å². The first-order valence-electron chi connectivity index (χ1n) is 5.98. The first-order chi connectivity index (χ1) is 8.24. The number of nitrogens with two attached hydrogens (primary N) is 1. The van der Waals surface area contributed by atoms with Crippen LogP contribution in [0.4, 0.5) is 4.79 Å². The SMILES string of the molecule is CC(C)(C)OC(=O)N1CCC(C(=O)CN)C(=O)C1. The minimum absolute atomic E-state index is 0.0781. The molecule has 0 aromatic heterocycles. The average Bonchev–Trinajstić information content (AvgIpc) is 2.25. The molecule has 0 aromatic rings. The molecule has 1 aliphatic heterocycles. The van der Waals surface area contributed by atoms with Gasteiger partial charge >= 0.3 is 6.09 Å². The third kappa shape index (κ3) is 3.80. The fourth-order valence-electron chi connectivity index (χ4n) is 1.79. The minimum Gasteiger partial charge on any atom is -0.444 e. The molecule has 0 saturated carbocycles. The Morgan fingerprint density at radius 2 is 2.06 bits per heavy atom. The third-order valence-corrected chi connectivity index (χ3v) is 2.66. The maximum absolute atomic E-state index is 11.7. The van der Waals surface area contributed by atoms with E-state index in [0.717, 1.165) is 0 Å². The topological polar surface area (TPSA) is 89.7 Å². The molecule has 18 heavy (non-hydrogen) atoms. The van der Waals surface area contributed by atoms with Crippen LogP contribution in [0.1, 0.15) is 27.2 Å². The lowest BCUT2D eigenvalue weighted by molar-refractivity contribution is -0.135. The molecule has 0 radical (unpaired) electrons. The van der Waals surface area contributed by atoms with Gasteiger partial charge in [0.1, 0.15) is 5.60 Å². The summed E-state index contributed by atoms with van der Waals surface area (Å²) in [6, 6.07) is 0. The van der Waals surface area contributed by atoms with Crippen molar-refractivity contribution < 1.29 is 19.1 Å². The van der Waals surface area contributed by atoms with Crippen molar-refractivity contribution in [1.82, 2.24) is 4.90 Å². The van der Waals surface area contributed by atoms with Crippen molar-refractivity contribution in [1.29, 1.82) is 0 Å². The molecule has 1 fully saturated rings. The number of carbonyl (C=O) groups is 3. The Hall–Kier alpha value is -1.43. The van der Waals surface area contributed by atoms with E-state index in [1.54, 1.807) is 20.8 Å². The zero-order valence-corrected chi connectivity index (χ0v) is 11.1. The standard InChI is InChI=1S/C12H20N2O4/c1-12(2,3)18-11(17)14-5-4-8(9(15)6-13)10(16)7-14/h8H,4-7,13H2,1-3H3. The van der Waals surface area contributed by atoms with Gasteiger partial charge < -0.3 is 15.4 Å². The zero-order valence-electron chi connectivity index (χ0n) is 11.1. The molecule has 0 bridgehead atoms. The van der Waals surface area contributed by atoms with Crippen LogP contribution in [0.2, 0.25) is 0 Å². The van der Waals surface area contributed by atoms with Gasteiger partial charge in [-0.15, -0.1) is 0 Å². The highest BCUT2D eigenvalue weighted by Gasteiger charge is 2.34. The first kappa shape index (κ1) is 14.6. The monoisotopic (exact) mass is 256 g/mol. The van der Waals surface area contributed by atoms with Crippen LogP contribution < -0.4 is 5.73 Å². The van der Waals surface area contributed by atoms with Gasteiger partial charge in [0.05, 0.1) is 19.0 Å². The van der Waals surface area contributed by atoms with Crippen LogP contribution in [0.25, 0.3) is 0 Å². The number of rotatable bonds is 2. The van der Waals surface area contributed by atoms with Crippen molar-refractivity contribution in [3.63, 3.8) is 0 Å². The van der Waals surface area contributed by atoms with Gasteiger partial charge in [0, 0.05) is 6.54 Å². The lowest BCUT2D eigenvalue weighted by atomic mass is 9.91. The van der Waals surface area contributed by atoms with E-state index < -0.39 is 17.6 Å². The molecule has 1 heterocycles. The van der Waals surface area contributed by atoms with E-state index in [1.165, 1.54) is 4.90 Å². The van der Waals surface area contributed by atoms with Gasteiger partial charge in [-0.3, -0.25) is 9.59 Å². The van der Waals surface area contributed by atoms with E-state index in [2.05, 4.69) is 0 Å². The predicted octanol–water partition coefficient (Wildman–Crippen LogP) is 0.340. The molecule has 102 valence electrons. The van der Waals surface area contributed by atoms with Crippen molar-refractivity contribution in [2.75, 3.05) is 19.6 Å². The summed E-state index contributed by atoms with van der Waals surface area (Å²) in [6.07, 6.45) is -0.191. The van der Waals surface area contributed by atoms with E-state index in [9.17, 15) is 14.4 Å². The molecule has 6 heteroatoms. The van der Waals surface area contributed by atoms with Crippen molar-refractivity contribution in [2.24, 2.45) is 11.7 Å². The summed E-state index contributed by atoms with van der Waals surface area (Å²) in [5, 5.41) is 0. The maximum atomic E-state index is 11.7. The third-order valence-electron chi connectivity index (χ3n) is 2.66. The minimum atomic E-state index is -0.659. The lowest BCUT2D eigenvalue weighted by Gasteiger charge is -2.31. The van der Waals surface area contributed by atoms with Crippen molar-refractivity contribution in [3.8, 4) is 0 Å². The Morgan fingerprint density at radius 3 is 2.50 bits per heavy atom. The van der Waals surface area contributed by atoms with Crippen LogP contribution in [0.15, 0.2) is 0 Å². The molecular weight excluding hydrogens is 236 g/mol. The number of nitrogens with zero attached hydrogens (tertiary/aromatic N) is 1. The summed E-state index contributed by atoms with van der Waals surface area (Å²) in [6.45, 7) is 5.41. The second kappa shape index (κ2) is 5.48. The van der Waals surface area contributed by atoms with E-state index in [1.807, 2.05) is 0 Å². The molecule has 1 saturated heterocycles. The van der Waals surface area contributed by atoms with Crippen LogP contribution in [-0.4, -0.2) is 47.8 Å². The Balaban J connectivity index is 2.58. The number of hydrogen-bond acceptors (Lipinski definition) is 5. The largest absolute Gasteiger partial charge is 0.444 e. The number of carbonyl (C=O) groups excluding carboxylic acids is 3. The Kier molecular flexibility index (Phi) is 4.45. The van der Waals surface area contributed by atoms with Gasteiger partial charge in [-0.1, -0.05) is 0 Å². The van der Waals surface area contributed by atoms with Crippen LogP contribution in [0.5, 0.6) is 0 Å². The number of hydrogen-bond donors (Lipinski definition) is 1. The second-order valence-corrected chi connectivity index (χ2v) is 5.38. The van der Waals surface area contributed by atoms with Crippen molar-refractivity contribution >= 4 is 17.7 Å². The van der Waals surface area contributed by atoms with Gasteiger partial charge in [0.2, 0.25) is 0 Å². The van der Waals surface area contributed by atoms with Crippen LogP contribution in [0.3, 0.4) is 0 Å². The number of ether oxygens (including phenoxy) is 1. The molecule has 0 aromatic carbocycles. The molecule has 1 rings (SSSR count). The van der Waals surface area contributed by atoms with E-state index in [-0.39, 0.29) is 24.7 Å². The summed E-state index contributed by atoms with van der Waals surface area (Å²) in [4.78, 5) is 36.2. The second-order valence-electron chi connectivity index (χ2n) is 5.38. The quantitative estimate of drug-likeness (QED) is 0.719. The highest BCUT2D eigenvalue weighted by atomic mass is 16.6. The van der Waals surface area contributed by atoms with Gasteiger partial charge in [0.15, 0.2) is 11.6 Å². The molecule has 1 atom stereocenters. The van der Waals surface area contributed by atoms with Gasteiger partial charge in [-0.05, 0) is 27.2 Å². The summed E-state index contributed by atoms with van der Waals surface area (Å²) in [7, 11) is 0. The number of likely N-dealkylation sites (tertiary alicyclic amines) is 1. The number of amides is 1. The van der Waals surface area contributed by atoms with Crippen LogP contribution in [0, 0.1) is 5.92 Å². The Bertz CT molecular complexity index is 360. The van der Waals surface area contributed by atoms with Crippen molar-refractivity contribution in [3.05, 3.63) is 0 Å². The fraction of sp³-hybridized carbons (Fsp3) is 0.750. The number of Topliss-reactive ketones (excluding diaryl/α,β-unsaturated/α-hetero) is 2. The smallest absolute Gasteiger partial charge is 0.410 e. The molecule has 1 aliphatic rings. The van der Waals surface area contributed by atoms with E-state index in [0.29, 0.717) is 13.0 Å². The highest BCUT2D eigenvalue weighted by molar-refractivity contribution is 6.05. The number of ketones is 2. The highest BCUT2D eigenvalue weighted by Crippen LogP contribution is 2.17. The molecule has 0 spiro atoms. The number of piperidine rings is 1. The van der Waals surface area contributed by atoms with E-state index >= 15 is 0 Å². The predicted molar refractivity (Wildman–Crippen MR) is 65.0 cm³/mol. The Labute approximate surface area is 106 Å². The van der Waals surface area contributed by atoms with Gasteiger partial charge in [0.25, 0.3) is 0 Å². The molecule has 1 unspecified atom stereocenters. The normalized spacial score (nSPS) is 20.8. The van der Waals surface area contributed by atoms with Crippen LogP contribution in [-0.2, 0) is 14.3 Å². The molecule has 2 N–H and O–H groups in total. The first-order valence-corrected chi connectivity index (χ1v) is 5.98. The summed E-state index contributed by atoms with van der Waals surface area (Å²) >= 11 is 0. The van der Waals surface area contributed by atoms with Gasteiger partial charge in [-0.2, -0.15) is 0 Å². The summed E-state index contributed by atoms with van der Waals surface area (Å²) < 4.78 is 5.17. The Morgan fingerprint density at radius 1 is 1.44 bits per heavy atom. The van der Waals surface area contributed by atoms with Crippen LogP contribution >= 0.6 is 0 Å². The fourth-order valence-corrected chi connectivity index (χ4v) is 1.79. The zero-order chi connectivity index (χ0) is 13.9. The molecule has 1 amide bonds. The van der Waals surface area contributed by atoms with Gasteiger partial charge in [-0.25, -0.2) is 4.79 Å². The summed E-state index contributed by atoms with van der Waals surface area (Å²) in [5.41, 5.74) is 4.64.